The number of benzene rings is 3. The Morgan fingerprint density at radius 3 is 2.24 bits per heavy atom. The molecule has 2 aliphatic rings. The molecule has 0 N–H and O–H groups in total. The molecule has 3 aromatic rings. The van der Waals surface area contributed by atoms with Crippen molar-refractivity contribution in [3.8, 4) is 16.9 Å². The molecule has 0 saturated carbocycles. The van der Waals surface area contributed by atoms with Gasteiger partial charge in [0.15, 0.2) is 6.10 Å². The molecule has 0 aromatic heterocycles. The second-order valence-electron chi connectivity index (χ2n) is 8.26. The molecule has 3 aromatic carbocycles. The second kappa shape index (κ2) is 9.46. The molecule has 168 valence electrons. The van der Waals surface area contributed by atoms with Crippen molar-refractivity contribution in [3.63, 3.8) is 0 Å². The van der Waals surface area contributed by atoms with Crippen LogP contribution in [-0.4, -0.2) is 55.7 Å². The first-order chi connectivity index (χ1) is 16.2. The molecule has 0 bridgehead atoms. The van der Waals surface area contributed by atoms with Crippen LogP contribution in [0.4, 0.5) is 5.69 Å². The van der Waals surface area contributed by atoms with E-state index in [1.54, 1.807) is 9.80 Å². The number of morpholine rings is 1. The number of hydrogen-bond acceptors (Lipinski definition) is 4. The van der Waals surface area contributed by atoms with E-state index in [9.17, 15) is 9.59 Å². The minimum absolute atomic E-state index is 0.0574. The normalized spacial score (nSPS) is 17.8. The number of fused-ring (bicyclic) bond motifs is 1. The topological polar surface area (TPSA) is 59.1 Å². The van der Waals surface area contributed by atoms with Crippen molar-refractivity contribution in [1.82, 2.24) is 4.90 Å². The smallest absolute Gasteiger partial charge is 0.265 e. The standard InChI is InChI=1S/C27H26N2O4/c30-26(18-20-10-12-22(13-11-20)21-6-2-1-3-7-21)29-19-25(27(31)28-14-16-32-17-15-28)33-24-9-5-4-8-23(24)29/h1-13,25H,14-19H2/t25-/m0/s1. The first-order valence-corrected chi connectivity index (χ1v) is 11.3. The Bertz CT molecular complexity index is 1120. The molecule has 0 unspecified atom stereocenters. The summed E-state index contributed by atoms with van der Waals surface area (Å²) in [6.45, 7) is 2.34. The fourth-order valence-electron chi connectivity index (χ4n) is 4.30. The van der Waals surface area contributed by atoms with E-state index in [0.717, 1.165) is 16.7 Å². The third-order valence-corrected chi connectivity index (χ3v) is 6.09. The number of para-hydroxylation sites is 2. The van der Waals surface area contributed by atoms with Crippen LogP contribution < -0.4 is 9.64 Å². The highest BCUT2D eigenvalue weighted by Gasteiger charge is 2.36. The molecule has 0 aliphatic carbocycles. The van der Waals surface area contributed by atoms with E-state index in [4.69, 9.17) is 9.47 Å². The maximum absolute atomic E-state index is 13.4. The molecule has 2 heterocycles. The van der Waals surface area contributed by atoms with Crippen LogP contribution in [0.1, 0.15) is 5.56 Å². The van der Waals surface area contributed by atoms with Crippen LogP contribution >= 0.6 is 0 Å². The van der Waals surface area contributed by atoms with E-state index >= 15 is 0 Å². The van der Waals surface area contributed by atoms with Gasteiger partial charge in [0.25, 0.3) is 5.91 Å². The van der Waals surface area contributed by atoms with E-state index in [1.807, 2.05) is 66.7 Å². The largest absolute Gasteiger partial charge is 0.476 e. The van der Waals surface area contributed by atoms with Crippen LogP contribution in [0.3, 0.4) is 0 Å². The highest BCUT2D eigenvalue weighted by molar-refractivity contribution is 5.98. The number of rotatable bonds is 4. The van der Waals surface area contributed by atoms with Crippen LogP contribution in [0.25, 0.3) is 11.1 Å². The van der Waals surface area contributed by atoms with Crippen LogP contribution in [0.2, 0.25) is 0 Å². The summed E-state index contributed by atoms with van der Waals surface area (Å²) < 4.78 is 11.4. The number of carbonyl (C=O) groups is 2. The molecule has 33 heavy (non-hydrogen) atoms. The third kappa shape index (κ3) is 4.61. The molecule has 1 saturated heterocycles. The van der Waals surface area contributed by atoms with Crippen molar-refractivity contribution in [2.75, 3.05) is 37.7 Å². The predicted molar refractivity (Wildman–Crippen MR) is 126 cm³/mol. The summed E-state index contributed by atoms with van der Waals surface area (Å²) in [4.78, 5) is 29.9. The van der Waals surface area contributed by atoms with Crippen LogP contribution in [0.15, 0.2) is 78.9 Å². The summed E-state index contributed by atoms with van der Waals surface area (Å²) in [6, 6.07) is 25.6. The summed E-state index contributed by atoms with van der Waals surface area (Å²) in [5.41, 5.74) is 3.88. The summed E-state index contributed by atoms with van der Waals surface area (Å²) in [5.74, 6) is 0.402. The van der Waals surface area contributed by atoms with Gasteiger partial charge in [-0.1, -0.05) is 66.7 Å². The van der Waals surface area contributed by atoms with Gasteiger partial charge in [-0.15, -0.1) is 0 Å². The maximum atomic E-state index is 13.4. The zero-order valence-electron chi connectivity index (χ0n) is 18.4. The number of amides is 2. The molecule has 6 heteroatoms. The molecule has 6 nitrogen and oxygen atoms in total. The van der Waals surface area contributed by atoms with Crippen LogP contribution in [0, 0.1) is 0 Å². The van der Waals surface area contributed by atoms with Crippen molar-refractivity contribution >= 4 is 17.5 Å². The van der Waals surface area contributed by atoms with E-state index in [-0.39, 0.29) is 24.8 Å². The minimum Gasteiger partial charge on any atom is -0.476 e. The summed E-state index contributed by atoms with van der Waals surface area (Å²) in [6.07, 6.45) is -0.468. The van der Waals surface area contributed by atoms with Gasteiger partial charge in [0, 0.05) is 13.1 Å². The van der Waals surface area contributed by atoms with Crippen molar-refractivity contribution in [2.24, 2.45) is 0 Å². The predicted octanol–water partition coefficient (Wildman–Crippen LogP) is 3.55. The first-order valence-electron chi connectivity index (χ1n) is 11.3. The highest BCUT2D eigenvalue weighted by Crippen LogP contribution is 2.34. The first kappa shape index (κ1) is 21.2. The van der Waals surface area contributed by atoms with Gasteiger partial charge in [0.05, 0.1) is 31.9 Å². The van der Waals surface area contributed by atoms with Gasteiger partial charge in [0.2, 0.25) is 5.91 Å². The van der Waals surface area contributed by atoms with Crippen molar-refractivity contribution < 1.29 is 19.1 Å². The average Bonchev–Trinajstić information content (AvgIpc) is 2.89. The Balaban J connectivity index is 1.33. The molecule has 2 amide bonds. The van der Waals surface area contributed by atoms with Gasteiger partial charge in [-0.3, -0.25) is 9.59 Å². The molecular weight excluding hydrogens is 416 g/mol. The number of nitrogens with zero attached hydrogens (tertiary/aromatic N) is 2. The molecule has 0 radical (unpaired) electrons. The maximum Gasteiger partial charge on any atom is 0.265 e. The lowest BCUT2D eigenvalue weighted by atomic mass is 10.0. The molecule has 5 rings (SSSR count). The monoisotopic (exact) mass is 442 g/mol. The zero-order valence-corrected chi connectivity index (χ0v) is 18.4. The fraction of sp³-hybridized carbons (Fsp3) is 0.259. The Labute approximate surface area is 193 Å². The van der Waals surface area contributed by atoms with Gasteiger partial charge in [-0.2, -0.15) is 0 Å². The van der Waals surface area contributed by atoms with E-state index in [2.05, 4.69) is 12.1 Å². The Hall–Kier alpha value is -3.64. The van der Waals surface area contributed by atoms with Gasteiger partial charge < -0.3 is 19.3 Å². The summed E-state index contributed by atoms with van der Waals surface area (Å²) >= 11 is 0. The molecule has 1 atom stereocenters. The van der Waals surface area contributed by atoms with Crippen molar-refractivity contribution in [3.05, 3.63) is 84.4 Å². The Morgan fingerprint density at radius 2 is 1.48 bits per heavy atom. The number of anilines is 1. The Kier molecular flexibility index (Phi) is 6.09. The van der Waals surface area contributed by atoms with Gasteiger partial charge in [-0.05, 0) is 28.8 Å². The SMILES string of the molecule is O=C([C@@H]1CN(C(=O)Cc2ccc(-c3ccccc3)cc2)c2ccccc2O1)N1CCOCC1. The van der Waals surface area contributed by atoms with Gasteiger partial charge >= 0.3 is 0 Å². The van der Waals surface area contributed by atoms with Crippen molar-refractivity contribution in [1.29, 1.82) is 0 Å². The summed E-state index contributed by atoms with van der Waals surface area (Å²) in [5, 5.41) is 0. The second-order valence-corrected chi connectivity index (χ2v) is 8.26. The third-order valence-electron chi connectivity index (χ3n) is 6.09. The Morgan fingerprint density at radius 1 is 0.818 bits per heavy atom. The number of carbonyl (C=O) groups excluding carboxylic acids is 2. The molecular formula is C27H26N2O4. The fourth-order valence-corrected chi connectivity index (χ4v) is 4.30. The number of hydrogen-bond donors (Lipinski definition) is 0. The van der Waals surface area contributed by atoms with Gasteiger partial charge in [0.1, 0.15) is 5.75 Å². The lowest BCUT2D eigenvalue weighted by Crippen LogP contribution is -2.54. The lowest BCUT2D eigenvalue weighted by molar-refractivity contribution is -0.142. The summed E-state index contributed by atoms with van der Waals surface area (Å²) in [7, 11) is 0. The zero-order chi connectivity index (χ0) is 22.6. The highest BCUT2D eigenvalue weighted by atomic mass is 16.5. The number of ether oxygens (including phenoxy) is 2. The van der Waals surface area contributed by atoms with Crippen LogP contribution in [-0.2, 0) is 20.7 Å². The minimum atomic E-state index is -0.720. The quantitative estimate of drug-likeness (QED) is 0.620. The van der Waals surface area contributed by atoms with E-state index < -0.39 is 6.10 Å². The molecule has 1 fully saturated rings. The molecule has 2 aliphatic heterocycles. The average molecular weight is 443 g/mol. The van der Waals surface area contributed by atoms with E-state index in [0.29, 0.717) is 37.7 Å². The van der Waals surface area contributed by atoms with Crippen LogP contribution in [0.5, 0.6) is 5.75 Å². The molecule has 0 spiro atoms. The van der Waals surface area contributed by atoms with Crippen molar-refractivity contribution in [2.45, 2.75) is 12.5 Å². The van der Waals surface area contributed by atoms with Gasteiger partial charge in [-0.25, -0.2) is 0 Å². The van der Waals surface area contributed by atoms with E-state index in [1.165, 1.54) is 0 Å². The lowest BCUT2D eigenvalue weighted by Gasteiger charge is -2.37.